The van der Waals surface area contributed by atoms with Gasteiger partial charge in [-0.15, -0.1) is 0 Å². The molecule has 1 unspecified atom stereocenters. The summed E-state index contributed by atoms with van der Waals surface area (Å²) in [7, 11) is 0. The predicted octanol–water partition coefficient (Wildman–Crippen LogP) is 2.50. The molecule has 0 saturated carbocycles. The van der Waals surface area contributed by atoms with E-state index in [9.17, 15) is 0 Å². The van der Waals surface area contributed by atoms with Gasteiger partial charge in [0.15, 0.2) is 0 Å². The van der Waals surface area contributed by atoms with Crippen LogP contribution in [0.1, 0.15) is 19.8 Å². The van der Waals surface area contributed by atoms with E-state index >= 15 is 0 Å². The number of halogens is 1. The lowest BCUT2D eigenvalue weighted by atomic mass is 10.2. The van der Waals surface area contributed by atoms with Crippen molar-refractivity contribution in [2.45, 2.75) is 25.9 Å². The Kier molecular flexibility index (Phi) is 4.72. The van der Waals surface area contributed by atoms with Gasteiger partial charge in [0.2, 0.25) is 0 Å². The molecule has 0 heterocycles. The van der Waals surface area contributed by atoms with Crippen LogP contribution >= 0.6 is 11.6 Å². The zero-order chi connectivity index (χ0) is 11.3. The van der Waals surface area contributed by atoms with Crippen LogP contribution in [0.3, 0.4) is 0 Å². The van der Waals surface area contributed by atoms with E-state index in [1.807, 2.05) is 6.07 Å². The fourth-order valence-corrected chi connectivity index (χ4v) is 1.50. The predicted molar refractivity (Wildman–Crippen MR) is 65.3 cm³/mol. The van der Waals surface area contributed by atoms with Gasteiger partial charge in [-0.1, -0.05) is 11.6 Å². The molecular formula is C11H17ClN2O. The van der Waals surface area contributed by atoms with Gasteiger partial charge in [-0.2, -0.15) is 0 Å². The Morgan fingerprint density at radius 3 is 2.87 bits per heavy atom. The van der Waals surface area contributed by atoms with Crippen molar-refractivity contribution in [3.8, 4) is 0 Å². The fourth-order valence-electron chi connectivity index (χ4n) is 1.32. The van der Waals surface area contributed by atoms with Crippen molar-refractivity contribution in [2.24, 2.45) is 0 Å². The Balaban J connectivity index is 2.37. The molecule has 1 aromatic rings. The van der Waals surface area contributed by atoms with Crippen molar-refractivity contribution < 1.29 is 5.11 Å². The Labute approximate surface area is 95.2 Å². The highest BCUT2D eigenvalue weighted by Gasteiger charge is 1.99. The van der Waals surface area contributed by atoms with Crippen molar-refractivity contribution in [3.63, 3.8) is 0 Å². The maximum Gasteiger partial charge on any atom is 0.0574 e. The number of nitrogens with one attached hydrogen (secondary N) is 1. The number of anilines is 2. The number of nitrogen functional groups attached to an aromatic ring is 1. The summed E-state index contributed by atoms with van der Waals surface area (Å²) in [6, 6.07) is 5.38. The zero-order valence-corrected chi connectivity index (χ0v) is 9.59. The molecule has 1 aromatic carbocycles. The molecule has 0 aliphatic carbocycles. The largest absolute Gasteiger partial charge is 0.397 e. The van der Waals surface area contributed by atoms with E-state index in [-0.39, 0.29) is 6.10 Å². The normalized spacial score (nSPS) is 12.5. The van der Waals surface area contributed by atoms with Crippen LogP contribution in [0.2, 0.25) is 5.02 Å². The van der Waals surface area contributed by atoms with Crippen molar-refractivity contribution in [1.29, 1.82) is 0 Å². The van der Waals surface area contributed by atoms with Crippen molar-refractivity contribution >= 4 is 23.0 Å². The molecule has 0 spiro atoms. The molecule has 84 valence electrons. The van der Waals surface area contributed by atoms with Crippen molar-refractivity contribution in [3.05, 3.63) is 23.2 Å². The molecule has 0 radical (unpaired) electrons. The second-order valence-electron chi connectivity index (χ2n) is 3.65. The topological polar surface area (TPSA) is 58.3 Å². The fraction of sp³-hybridized carbons (Fsp3) is 0.455. The summed E-state index contributed by atoms with van der Waals surface area (Å²) in [6.07, 6.45) is 1.47. The van der Waals surface area contributed by atoms with Gasteiger partial charge >= 0.3 is 0 Å². The monoisotopic (exact) mass is 228 g/mol. The molecule has 0 aliphatic heterocycles. The van der Waals surface area contributed by atoms with Gasteiger partial charge in [-0.25, -0.2) is 0 Å². The highest BCUT2D eigenvalue weighted by atomic mass is 35.5. The quantitative estimate of drug-likeness (QED) is 0.536. The van der Waals surface area contributed by atoms with Gasteiger partial charge in [0.1, 0.15) is 0 Å². The van der Waals surface area contributed by atoms with E-state index in [4.69, 9.17) is 22.4 Å². The zero-order valence-electron chi connectivity index (χ0n) is 8.83. The number of hydrogen-bond acceptors (Lipinski definition) is 3. The number of hydrogen-bond donors (Lipinski definition) is 3. The third kappa shape index (κ3) is 4.40. The van der Waals surface area contributed by atoms with Crippen LogP contribution < -0.4 is 11.1 Å². The van der Waals surface area contributed by atoms with Crippen LogP contribution in [0.25, 0.3) is 0 Å². The van der Waals surface area contributed by atoms with Crippen LogP contribution in [-0.4, -0.2) is 17.8 Å². The van der Waals surface area contributed by atoms with Crippen molar-refractivity contribution in [1.82, 2.24) is 0 Å². The summed E-state index contributed by atoms with van der Waals surface area (Å²) >= 11 is 5.78. The highest BCUT2D eigenvalue weighted by molar-refractivity contribution is 6.31. The summed E-state index contributed by atoms with van der Waals surface area (Å²) in [5.74, 6) is 0. The first-order valence-electron chi connectivity index (χ1n) is 5.06. The molecule has 0 aromatic heterocycles. The van der Waals surface area contributed by atoms with E-state index in [2.05, 4.69) is 5.32 Å². The summed E-state index contributed by atoms with van der Waals surface area (Å²) in [5.41, 5.74) is 7.31. The van der Waals surface area contributed by atoms with E-state index < -0.39 is 0 Å². The van der Waals surface area contributed by atoms with E-state index in [1.165, 1.54) is 0 Å². The van der Waals surface area contributed by atoms with Gasteiger partial charge in [0.05, 0.1) is 17.5 Å². The SMILES string of the molecule is CC(O)CCCNc1ccc(Cl)cc1N. The minimum Gasteiger partial charge on any atom is -0.397 e. The number of nitrogens with two attached hydrogens (primary N) is 1. The first kappa shape index (κ1) is 12.1. The van der Waals surface area contributed by atoms with Crippen molar-refractivity contribution in [2.75, 3.05) is 17.6 Å². The molecule has 1 rings (SSSR count). The second kappa shape index (κ2) is 5.83. The smallest absolute Gasteiger partial charge is 0.0574 e. The summed E-state index contributed by atoms with van der Waals surface area (Å²) < 4.78 is 0. The molecule has 0 bridgehead atoms. The molecule has 15 heavy (non-hydrogen) atoms. The molecule has 4 N–H and O–H groups in total. The van der Waals surface area contributed by atoms with E-state index in [0.717, 1.165) is 25.1 Å². The minimum absolute atomic E-state index is 0.241. The van der Waals surface area contributed by atoms with Gasteiger partial charge in [0.25, 0.3) is 0 Å². The maximum atomic E-state index is 9.07. The van der Waals surface area contributed by atoms with Crippen LogP contribution in [0.4, 0.5) is 11.4 Å². The maximum absolute atomic E-state index is 9.07. The van der Waals surface area contributed by atoms with Gasteiger partial charge in [0, 0.05) is 11.6 Å². The molecule has 0 aliphatic rings. The molecule has 0 amide bonds. The van der Waals surface area contributed by atoms with Crippen LogP contribution in [-0.2, 0) is 0 Å². The van der Waals surface area contributed by atoms with Gasteiger partial charge in [-0.3, -0.25) is 0 Å². The standard InChI is InChI=1S/C11H17ClN2O/c1-8(15)3-2-6-14-11-5-4-9(12)7-10(11)13/h4-5,7-8,14-15H,2-3,6,13H2,1H3. The molecular weight excluding hydrogens is 212 g/mol. The third-order valence-electron chi connectivity index (χ3n) is 2.13. The molecule has 3 nitrogen and oxygen atoms in total. The molecule has 0 fully saturated rings. The second-order valence-corrected chi connectivity index (χ2v) is 4.09. The number of benzene rings is 1. The lowest BCUT2D eigenvalue weighted by Crippen LogP contribution is -2.07. The lowest BCUT2D eigenvalue weighted by molar-refractivity contribution is 0.183. The molecule has 1 atom stereocenters. The Morgan fingerprint density at radius 1 is 1.53 bits per heavy atom. The highest BCUT2D eigenvalue weighted by Crippen LogP contribution is 2.22. The van der Waals surface area contributed by atoms with Gasteiger partial charge < -0.3 is 16.2 Å². The van der Waals surface area contributed by atoms with Crippen LogP contribution in [0.5, 0.6) is 0 Å². The number of aliphatic hydroxyl groups excluding tert-OH is 1. The van der Waals surface area contributed by atoms with Gasteiger partial charge in [-0.05, 0) is 38.0 Å². The molecule has 4 heteroatoms. The number of rotatable bonds is 5. The Bertz CT molecular complexity index is 315. The van der Waals surface area contributed by atoms with Crippen LogP contribution in [0.15, 0.2) is 18.2 Å². The van der Waals surface area contributed by atoms with E-state index in [0.29, 0.717) is 10.7 Å². The minimum atomic E-state index is -0.241. The average Bonchev–Trinajstić information content (AvgIpc) is 2.14. The average molecular weight is 229 g/mol. The van der Waals surface area contributed by atoms with Crippen LogP contribution in [0, 0.1) is 0 Å². The summed E-state index contributed by atoms with van der Waals surface area (Å²) in [4.78, 5) is 0. The first-order chi connectivity index (χ1) is 7.09. The Hall–Kier alpha value is -0.930. The number of aliphatic hydroxyl groups is 1. The first-order valence-corrected chi connectivity index (χ1v) is 5.44. The Morgan fingerprint density at radius 2 is 2.27 bits per heavy atom. The third-order valence-corrected chi connectivity index (χ3v) is 2.36. The summed E-state index contributed by atoms with van der Waals surface area (Å²) in [5, 5.41) is 12.9. The van der Waals surface area contributed by atoms with E-state index in [1.54, 1.807) is 19.1 Å². The lowest BCUT2D eigenvalue weighted by Gasteiger charge is -2.10. The summed E-state index contributed by atoms with van der Waals surface area (Å²) in [6.45, 7) is 2.59. The molecule has 0 saturated heterocycles.